The van der Waals surface area contributed by atoms with Gasteiger partial charge >= 0.3 is 5.97 Å². The third-order valence-electron chi connectivity index (χ3n) is 7.01. The number of rotatable bonds is 5. The first-order chi connectivity index (χ1) is 15.5. The molecule has 1 aliphatic carbocycles. The first kappa shape index (κ1) is 21.2. The molecule has 2 N–H and O–H groups in total. The summed E-state index contributed by atoms with van der Waals surface area (Å²) in [7, 11) is 0. The molecule has 32 heavy (non-hydrogen) atoms. The highest BCUT2D eigenvalue weighted by atomic mass is 32.1. The number of benzene rings is 1. The highest BCUT2D eigenvalue weighted by Gasteiger charge is 2.44. The molecule has 1 aromatic carbocycles. The number of H-pyrrole nitrogens is 1. The van der Waals surface area contributed by atoms with Crippen molar-refractivity contribution in [2.45, 2.75) is 50.7 Å². The molecule has 1 aliphatic heterocycles. The van der Waals surface area contributed by atoms with Crippen LogP contribution in [0.25, 0.3) is 21.3 Å². The average Bonchev–Trinajstić information content (AvgIpc) is 3.48. The second kappa shape index (κ2) is 8.71. The van der Waals surface area contributed by atoms with E-state index >= 15 is 0 Å². The van der Waals surface area contributed by atoms with E-state index in [1.165, 1.54) is 15.8 Å². The van der Waals surface area contributed by atoms with Gasteiger partial charge in [-0.25, -0.2) is 0 Å². The molecular weight excluding hydrogens is 424 g/mol. The fourth-order valence-corrected chi connectivity index (χ4v) is 6.21. The van der Waals surface area contributed by atoms with Crippen LogP contribution in [0.3, 0.4) is 0 Å². The first-order valence-electron chi connectivity index (χ1n) is 11.3. The van der Waals surface area contributed by atoms with Gasteiger partial charge in [-0.05, 0) is 41.8 Å². The summed E-state index contributed by atoms with van der Waals surface area (Å²) < 4.78 is 5.85. The number of morpholine rings is 1. The zero-order chi connectivity index (χ0) is 22.2. The Bertz CT molecular complexity index is 1120. The number of aromatic nitrogens is 1. The molecule has 4 atom stereocenters. The molecule has 5 rings (SSSR count). The van der Waals surface area contributed by atoms with Gasteiger partial charge in [0.2, 0.25) is 5.91 Å². The summed E-state index contributed by atoms with van der Waals surface area (Å²) in [5, 5.41) is 12.9. The van der Waals surface area contributed by atoms with E-state index in [2.05, 4.69) is 47.6 Å². The number of aromatic amines is 1. The van der Waals surface area contributed by atoms with Crippen LogP contribution in [0.4, 0.5) is 0 Å². The Balaban J connectivity index is 1.38. The Morgan fingerprint density at radius 3 is 2.94 bits per heavy atom. The molecule has 2 fully saturated rings. The van der Waals surface area contributed by atoms with Gasteiger partial charge in [0.05, 0.1) is 24.7 Å². The van der Waals surface area contributed by atoms with Crippen molar-refractivity contribution in [2.24, 2.45) is 5.92 Å². The van der Waals surface area contributed by atoms with Gasteiger partial charge < -0.3 is 19.7 Å². The van der Waals surface area contributed by atoms with Crippen LogP contribution in [0, 0.1) is 5.92 Å². The van der Waals surface area contributed by atoms with Crippen LogP contribution in [0.1, 0.15) is 44.1 Å². The number of carbonyl (C=O) groups excluding carboxylic acids is 1. The van der Waals surface area contributed by atoms with Gasteiger partial charge in [0.1, 0.15) is 0 Å². The Labute approximate surface area is 191 Å². The lowest BCUT2D eigenvalue weighted by atomic mass is 9.81. The van der Waals surface area contributed by atoms with Gasteiger partial charge in [-0.1, -0.05) is 31.5 Å². The summed E-state index contributed by atoms with van der Waals surface area (Å²) in [4.78, 5) is 31.6. The standard InChI is InChI=1S/C25H28N2O4S/c1-15(18-14-26-19-7-2-5-16(23(18)19)21-9-4-12-32-21)13-22(28)27-10-11-31-24-17(25(29)30)6-3-8-20(24)27/h2,4-5,7,9,12,14-15,17,20,24,26H,3,6,8,10-11,13H2,1H3,(H,29,30). The minimum atomic E-state index is -0.817. The number of hydrogen-bond acceptors (Lipinski definition) is 4. The summed E-state index contributed by atoms with van der Waals surface area (Å²) in [6, 6.07) is 10.3. The number of carbonyl (C=O) groups is 2. The maximum atomic E-state index is 13.4. The maximum Gasteiger partial charge on any atom is 0.309 e. The summed E-state index contributed by atoms with van der Waals surface area (Å²) in [6.07, 6.45) is 4.27. The highest BCUT2D eigenvalue weighted by molar-refractivity contribution is 7.13. The van der Waals surface area contributed by atoms with E-state index in [-0.39, 0.29) is 17.9 Å². The van der Waals surface area contributed by atoms with Crippen LogP contribution in [0.5, 0.6) is 0 Å². The molecule has 168 valence electrons. The average molecular weight is 453 g/mol. The number of nitrogens with one attached hydrogen (secondary N) is 1. The normalized spacial score (nSPS) is 24.3. The number of thiophene rings is 1. The van der Waals surface area contributed by atoms with Gasteiger partial charge in [0.15, 0.2) is 0 Å². The lowest BCUT2D eigenvalue weighted by molar-refractivity contribution is -0.169. The fraction of sp³-hybridized carbons (Fsp3) is 0.440. The summed E-state index contributed by atoms with van der Waals surface area (Å²) in [5.41, 5.74) is 3.42. The maximum absolute atomic E-state index is 13.4. The number of carboxylic acids is 1. The topological polar surface area (TPSA) is 82.6 Å². The van der Waals surface area contributed by atoms with Crippen LogP contribution in [0.15, 0.2) is 41.9 Å². The van der Waals surface area contributed by atoms with Crippen molar-refractivity contribution in [3.8, 4) is 10.4 Å². The van der Waals surface area contributed by atoms with Gasteiger partial charge in [-0.15, -0.1) is 11.3 Å². The Kier molecular flexibility index (Phi) is 5.78. The van der Waals surface area contributed by atoms with Gasteiger partial charge in [-0.2, -0.15) is 0 Å². The van der Waals surface area contributed by atoms with E-state index in [1.807, 2.05) is 11.1 Å². The minimum absolute atomic E-state index is 0.0394. The van der Waals surface area contributed by atoms with Crippen molar-refractivity contribution >= 4 is 34.1 Å². The minimum Gasteiger partial charge on any atom is -0.481 e. The van der Waals surface area contributed by atoms with E-state index in [4.69, 9.17) is 4.74 Å². The zero-order valence-electron chi connectivity index (χ0n) is 18.1. The molecule has 1 saturated heterocycles. The third-order valence-corrected chi connectivity index (χ3v) is 7.91. The van der Waals surface area contributed by atoms with Gasteiger partial charge in [0, 0.05) is 40.5 Å². The van der Waals surface area contributed by atoms with Crippen molar-refractivity contribution in [1.82, 2.24) is 9.88 Å². The summed E-state index contributed by atoms with van der Waals surface area (Å²) in [6.45, 7) is 3.04. The number of amides is 1. The predicted molar refractivity (Wildman–Crippen MR) is 125 cm³/mol. The quantitative estimate of drug-likeness (QED) is 0.579. The van der Waals surface area contributed by atoms with Crippen LogP contribution in [0.2, 0.25) is 0 Å². The van der Waals surface area contributed by atoms with Crippen LogP contribution >= 0.6 is 11.3 Å². The fourth-order valence-electron chi connectivity index (χ4n) is 5.46. The molecule has 2 aromatic heterocycles. The lowest BCUT2D eigenvalue weighted by Gasteiger charge is -2.46. The van der Waals surface area contributed by atoms with E-state index < -0.39 is 18.0 Å². The van der Waals surface area contributed by atoms with Gasteiger partial charge in [-0.3, -0.25) is 9.59 Å². The molecule has 1 saturated carbocycles. The number of carboxylic acid groups (broad SMARTS) is 1. The molecule has 7 heteroatoms. The van der Waals surface area contributed by atoms with Crippen molar-refractivity contribution in [2.75, 3.05) is 13.2 Å². The number of fused-ring (bicyclic) bond motifs is 2. The van der Waals surface area contributed by atoms with Crippen LogP contribution < -0.4 is 0 Å². The molecule has 4 unspecified atom stereocenters. The van der Waals surface area contributed by atoms with Crippen LogP contribution in [-0.2, 0) is 14.3 Å². The van der Waals surface area contributed by atoms with Crippen molar-refractivity contribution in [3.63, 3.8) is 0 Å². The molecule has 3 aromatic rings. The molecule has 0 radical (unpaired) electrons. The number of nitrogens with zero attached hydrogens (tertiary/aromatic N) is 1. The smallest absolute Gasteiger partial charge is 0.309 e. The summed E-state index contributed by atoms with van der Waals surface area (Å²) >= 11 is 1.72. The van der Waals surface area contributed by atoms with E-state index in [1.54, 1.807) is 11.3 Å². The van der Waals surface area contributed by atoms with E-state index in [9.17, 15) is 14.7 Å². The van der Waals surface area contributed by atoms with Crippen molar-refractivity contribution in [1.29, 1.82) is 0 Å². The first-order valence-corrected chi connectivity index (χ1v) is 12.2. The summed E-state index contributed by atoms with van der Waals surface area (Å²) in [5.74, 6) is -1.21. The Morgan fingerprint density at radius 2 is 2.16 bits per heavy atom. The Hall–Kier alpha value is -2.64. The molecule has 3 heterocycles. The molecule has 6 nitrogen and oxygen atoms in total. The van der Waals surface area contributed by atoms with Crippen molar-refractivity contribution in [3.05, 3.63) is 47.5 Å². The van der Waals surface area contributed by atoms with Crippen LogP contribution in [-0.4, -0.2) is 52.2 Å². The molecule has 0 bridgehead atoms. The van der Waals surface area contributed by atoms with Gasteiger partial charge in [0.25, 0.3) is 0 Å². The number of hydrogen-bond donors (Lipinski definition) is 2. The molecule has 2 aliphatic rings. The highest BCUT2D eigenvalue weighted by Crippen LogP contribution is 2.38. The monoisotopic (exact) mass is 452 g/mol. The Morgan fingerprint density at radius 1 is 1.28 bits per heavy atom. The molecule has 1 amide bonds. The van der Waals surface area contributed by atoms with E-state index in [0.29, 0.717) is 26.0 Å². The third kappa shape index (κ3) is 3.73. The number of ether oxygens (including phenoxy) is 1. The lowest BCUT2D eigenvalue weighted by Crippen LogP contribution is -2.58. The zero-order valence-corrected chi connectivity index (χ0v) is 18.9. The second-order valence-corrected chi connectivity index (χ2v) is 9.87. The largest absolute Gasteiger partial charge is 0.481 e. The molecular formula is C25H28N2O4S. The second-order valence-electron chi connectivity index (χ2n) is 8.92. The SMILES string of the molecule is CC(CC(=O)N1CCOC2C(C(=O)O)CCCC21)c1c[nH]c2cccc(-c3cccs3)c12. The molecule has 0 spiro atoms. The van der Waals surface area contributed by atoms with Crippen molar-refractivity contribution < 1.29 is 19.4 Å². The van der Waals surface area contributed by atoms with E-state index in [0.717, 1.165) is 23.9 Å². The number of aliphatic carboxylic acids is 1. The predicted octanol–water partition coefficient (Wildman–Crippen LogP) is 4.87.